The topological polar surface area (TPSA) is 107 Å². The molecule has 0 aliphatic rings. The van der Waals surface area contributed by atoms with Gasteiger partial charge < -0.3 is 39.9 Å². The van der Waals surface area contributed by atoms with Crippen LogP contribution in [-0.2, 0) is 12.8 Å². The van der Waals surface area contributed by atoms with Crippen LogP contribution in [0.5, 0.6) is 34.5 Å². The first-order valence-electron chi connectivity index (χ1n) is 9.51. The second-order valence-corrected chi connectivity index (χ2v) is 6.14. The van der Waals surface area contributed by atoms with Gasteiger partial charge in [0.2, 0.25) is 11.5 Å². The molecule has 2 aromatic rings. The Morgan fingerprint density at radius 2 is 0.767 bits per heavy atom. The van der Waals surface area contributed by atoms with Crippen molar-refractivity contribution in [3.63, 3.8) is 0 Å². The van der Waals surface area contributed by atoms with E-state index < -0.39 is 0 Å². The highest BCUT2D eigenvalue weighted by molar-refractivity contribution is 5.54. The lowest BCUT2D eigenvalue weighted by Crippen LogP contribution is -2.04. The van der Waals surface area contributed by atoms with E-state index in [4.69, 9.17) is 39.9 Å². The van der Waals surface area contributed by atoms with Crippen LogP contribution >= 0.6 is 0 Å². The predicted octanol–water partition coefficient (Wildman–Crippen LogP) is 2.43. The van der Waals surface area contributed by atoms with Gasteiger partial charge in [-0.3, -0.25) is 0 Å². The summed E-state index contributed by atoms with van der Waals surface area (Å²) in [7, 11) is 9.58. The fraction of sp³-hybridized carbons (Fsp3) is 0.455. The van der Waals surface area contributed by atoms with Crippen molar-refractivity contribution in [1.82, 2.24) is 0 Å². The smallest absolute Gasteiger partial charge is 0.203 e. The highest BCUT2D eigenvalue weighted by Gasteiger charge is 2.13. The summed E-state index contributed by atoms with van der Waals surface area (Å²) in [5, 5.41) is 0. The van der Waals surface area contributed by atoms with Crippen LogP contribution in [0.4, 0.5) is 0 Å². The van der Waals surface area contributed by atoms with Gasteiger partial charge in [-0.15, -0.1) is 0 Å². The average Bonchev–Trinajstić information content (AvgIpc) is 2.78. The third-order valence-corrected chi connectivity index (χ3v) is 4.32. The van der Waals surface area contributed by atoms with Crippen molar-refractivity contribution in [3.05, 3.63) is 35.4 Å². The molecule has 0 aromatic heterocycles. The zero-order valence-electron chi connectivity index (χ0n) is 18.7. The first-order chi connectivity index (χ1) is 14.5. The van der Waals surface area contributed by atoms with Crippen LogP contribution in [-0.4, -0.2) is 55.7 Å². The summed E-state index contributed by atoms with van der Waals surface area (Å²) in [6.45, 7) is 1.19. The maximum Gasteiger partial charge on any atom is 0.203 e. The minimum Gasteiger partial charge on any atom is -0.493 e. The summed E-state index contributed by atoms with van der Waals surface area (Å²) < 4.78 is 31.3. The summed E-state index contributed by atoms with van der Waals surface area (Å²) in [6.07, 6.45) is 1.58. The number of methoxy groups -OCH3 is 6. The first kappa shape index (κ1) is 25.2. The molecule has 30 heavy (non-hydrogen) atoms. The van der Waals surface area contributed by atoms with Crippen LogP contribution in [0.15, 0.2) is 24.3 Å². The Balaban J connectivity index is 0.000000300. The zero-order chi connectivity index (χ0) is 22.5. The average molecular weight is 423 g/mol. The second kappa shape index (κ2) is 13.4. The summed E-state index contributed by atoms with van der Waals surface area (Å²) in [5.74, 6) is 3.89. The summed E-state index contributed by atoms with van der Waals surface area (Å²) >= 11 is 0. The molecule has 0 saturated heterocycles. The van der Waals surface area contributed by atoms with Gasteiger partial charge in [0, 0.05) is 0 Å². The van der Waals surface area contributed by atoms with E-state index in [0.29, 0.717) is 47.6 Å². The van der Waals surface area contributed by atoms with E-state index in [1.54, 1.807) is 42.7 Å². The number of hydrogen-bond acceptors (Lipinski definition) is 8. The van der Waals surface area contributed by atoms with Crippen LogP contribution < -0.4 is 39.9 Å². The van der Waals surface area contributed by atoms with Gasteiger partial charge in [-0.05, 0) is 61.3 Å². The first-order valence-corrected chi connectivity index (χ1v) is 9.51. The van der Waals surface area contributed by atoms with E-state index in [0.717, 1.165) is 24.0 Å². The number of benzene rings is 2. The standard InChI is InChI=1S/2C11H17NO3/c2*1-13-9-6-8(4-5-12)7-10(14-2)11(9)15-3/h2*6-7H,4-5,12H2,1-3H3. The minimum atomic E-state index is 0.596. The fourth-order valence-corrected chi connectivity index (χ4v) is 2.89. The van der Waals surface area contributed by atoms with Crippen LogP contribution in [0.1, 0.15) is 11.1 Å². The molecule has 4 N–H and O–H groups in total. The number of ether oxygens (including phenoxy) is 6. The Labute approximate surface area is 179 Å². The molecule has 0 bridgehead atoms. The monoisotopic (exact) mass is 422 g/mol. The maximum absolute atomic E-state index is 5.50. The number of hydrogen-bond donors (Lipinski definition) is 2. The Kier molecular flexibility index (Phi) is 11.3. The molecule has 2 aromatic carbocycles. The molecule has 2 rings (SSSR count). The lowest BCUT2D eigenvalue weighted by molar-refractivity contribution is 0.324. The number of rotatable bonds is 10. The summed E-state index contributed by atoms with van der Waals surface area (Å²) in [5.41, 5.74) is 13.2. The Morgan fingerprint density at radius 3 is 0.933 bits per heavy atom. The molecule has 0 aliphatic heterocycles. The van der Waals surface area contributed by atoms with E-state index in [1.165, 1.54) is 0 Å². The minimum absolute atomic E-state index is 0.596. The predicted molar refractivity (Wildman–Crippen MR) is 118 cm³/mol. The molecule has 0 amide bonds. The van der Waals surface area contributed by atoms with Gasteiger partial charge in [-0.1, -0.05) is 0 Å². The molecule has 0 atom stereocenters. The normalized spacial score (nSPS) is 9.87. The third kappa shape index (κ3) is 6.60. The maximum atomic E-state index is 5.50. The fourth-order valence-electron chi connectivity index (χ4n) is 2.89. The molecule has 0 heterocycles. The molecule has 8 nitrogen and oxygen atoms in total. The van der Waals surface area contributed by atoms with E-state index in [9.17, 15) is 0 Å². The molecule has 8 heteroatoms. The largest absolute Gasteiger partial charge is 0.493 e. The van der Waals surface area contributed by atoms with Crippen molar-refractivity contribution in [2.24, 2.45) is 11.5 Å². The van der Waals surface area contributed by atoms with Crippen molar-refractivity contribution >= 4 is 0 Å². The quantitative estimate of drug-likeness (QED) is 0.601. The van der Waals surface area contributed by atoms with Gasteiger partial charge in [0.1, 0.15) is 0 Å². The third-order valence-electron chi connectivity index (χ3n) is 4.32. The van der Waals surface area contributed by atoms with Crippen molar-refractivity contribution < 1.29 is 28.4 Å². The second-order valence-electron chi connectivity index (χ2n) is 6.14. The molecule has 168 valence electrons. The van der Waals surface area contributed by atoms with Crippen molar-refractivity contribution in [1.29, 1.82) is 0 Å². The zero-order valence-corrected chi connectivity index (χ0v) is 18.7. The SMILES string of the molecule is COc1cc(CCN)cc(OC)c1OC.COc1cc(CCN)cc(OC)c1OC. The molecule has 0 unspecified atom stereocenters. The molecule has 0 saturated carbocycles. The number of nitrogens with two attached hydrogens (primary N) is 2. The van der Waals surface area contributed by atoms with Gasteiger partial charge in [-0.25, -0.2) is 0 Å². The molecule has 0 aliphatic carbocycles. The Bertz CT molecular complexity index is 667. The molecule has 0 fully saturated rings. The van der Waals surface area contributed by atoms with E-state index in [1.807, 2.05) is 24.3 Å². The Morgan fingerprint density at radius 1 is 0.500 bits per heavy atom. The van der Waals surface area contributed by atoms with Crippen LogP contribution in [0.2, 0.25) is 0 Å². The Hall–Kier alpha value is -2.84. The van der Waals surface area contributed by atoms with Crippen molar-refractivity contribution in [3.8, 4) is 34.5 Å². The van der Waals surface area contributed by atoms with Gasteiger partial charge in [0.25, 0.3) is 0 Å². The molecule has 0 radical (unpaired) electrons. The summed E-state index contributed by atoms with van der Waals surface area (Å²) in [4.78, 5) is 0. The van der Waals surface area contributed by atoms with Gasteiger partial charge in [0.15, 0.2) is 23.0 Å². The van der Waals surface area contributed by atoms with E-state index in [2.05, 4.69) is 0 Å². The molecule has 0 spiro atoms. The highest BCUT2D eigenvalue weighted by atomic mass is 16.5. The summed E-state index contributed by atoms with van der Waals surface area (Å²) in [6, 6.07) is 7.64. The highest BCUT2D eigenvalue weighted by Crippen LogP contribution is 2.39. The van der Waals surface area contributed by atoms with Crippen molar-refractivity contribution in [2.45, 2.75) is 12.8 Å². The van der Waals surface area contributed by atoms with Crippen molar-refractivity contribution in [2.75, 3.05) is 55.7 Å². The van der Waals surface area contributed by atoms with Crippen LogP contribution in [0.3, 0.4) is 0 Å². The van der Waals surface area contributed by atoms with Gasteiger partial charge in [0.05, 0.1) is 42.7 Å². The van der Waals surface area contributed by atoms with Crippen LogP contribution in [0, 0.1) is 0 Å². The van der Waals surface area contributed by atoms with Crippen LogP contribution in [0.25, 0.3) is 0 Å². The lowest BCUT2D eigenvalue weighted by atomic mass is 10.1. The molecular weight excluding hydrogens is 388 g/mol. The van der Waals surface area contributed by atoms with Gasteiger partial charge >= 0.3 is 0 Å². The van der Waals surface area contributed by atoms with E-state index in [-0.39, 0.29) is 0 Å². The molecular formula is C22H34N2O6. The van der Waals surface area contributed by atoms with E-state index >= 15 is 0 Å². The lowest BCUT2D eigenvalue weighted by Gasteiger charge is -2.13. The van der Waals surface area contributed by atoms with Gasteiger partial charge in [-0.2, -0.15) is 0 Å².